The second-order valence-electron chi connectivity index (χ2n) is 7.91. The van der Waals surface area contributed by atoms with Crippen LogP contribution in [0.4, 0.5) is 13.2 Å². The van der Waals surface area contributed by atoms with Crippen molar-refractivity contribution in [1.29, 1.82) is 0 Å². The lowest BCUT2D eigenvalue weighted by atomic mass is 9.98. The third-order valence-corrected chi connectivity index (χ3v) is 5.60. The monoisotopic (exact) mass is 452 g/mol. The summed E-state index contributed by atoms with van der Waals surface area (Å²) in [7, 11) is 2.89. The summed E-state index contributed by atoms with van der Waals surface area (Å²) in [6.45, 7) is 8.33. The van der Waals surface area contributed by atoms with Crippen LogP contribution in [-0.2, 0) is 18.0 Å². The number of rotatable bonds is 6. The van der Waals surface area contributed by atoms with E-state index in [4.69, 9.17) is 4.74 Å². The molecule has 0 fully saturated rings. The summed E-state index contributed by atoms with van der Waals surface area (Å²) in [5.74, 6) is -1.52. The molecule has 0 bridgehead atoms. The highest BCUT2D eigenvalue weighted by molar-refractivity contribution is 6.07. The summed E-state index contributed by atoms with van der Waals surface area (Å²) < 4.78 is 44.9. The predicted molar refractivity (Wildman–Crippen MR) is 113 cm³/mol. The van der Waals surface area contributed by atoms with E-state index in [2.05, 4.69) is 0 Å². The lowest BCUT2D eigenvalue weighted by Gasteiger charge is -2.32. The number of halogens is 3. The molecule has 2 rings (SSSR count). The molecule has 0 radical (unpaired) electrons. The molecule has 0 aliphatic heterocycles. The number of benzene rings is 1. The minimum atomic E-state index is -4.51. The van der Waals surface area contributed by atoms with Crippen molar-refractivity contribution >= 4 is 17.7 Å². The Morgan fingerprint density at radius 1 is 1.03 bits per heavy atom. The molecule has 1 heterocycles. The first-order chi connectivity index (χ1) is 14.7. The number of nitrogens with zero attached hydrogens (tertiary/aromatic N) is 2. The summed E-state index contributed by atoms with van der Waals surface area (Å²) in [6, 6.07) is 2.56. The number of aromatic nitrogens is 1. The number of esters is 1. The summed E-state index contributed by atoms with van der Waals surface area (Å²) in [6.07, 6.45) is -4.51. The topological polar surface area (TPSA) is 68.6 Å². The van der Waals surface area contributed by atoms with Gasteiger partial charge >= 0.3 is 12.1 Å². The van der Waals surface area contributed by atoms with Crippen LogP contribution >= 0.6 is 0 Å². The third kappa shape index (κ3) is 4.56. The lowest BCUT2D eigenvalue weighted by molar-refractivity contribution is -0.137. The molecule has 0 aliphatic rings. The minimum Gasteiger partial charge on any atom is -0.464 e. The number of carbonyl (C=O) groups excluding carboxylic acids is 3. The fourth-order valence-electron chi connectivity index (χ4n) is 3.87. The number of hydrogen-bond acceptors (Lipinski definition) is 4. The molecule has 1 amide bonds. The normalized spacial score (nSPS) is 12.6. The van der Waals surface area contributed by atoms with Crippen LogP contribution < -0.4 is 0 Å². The van der Waals surface area contributed by atoms with Gasteiger partial charge in [0.25, 0.3) is 5.91 Å². The van der Waals surface area contributed by atoms with E-state index in [-0.39, 0.29) is 17.0 Å². The molecule has 0 saturated heterocycles. The number of hydrogen-bond donors (Lipinski definition) is 0. The Balaban J connectivity index is 2.44. The molecule has 0 spiro atoms. The summed E-state index contributed by atoms with van der Waals surface area (Å²) in [4.78, 5) is 40.0. The number of Topliss-reactive ketones (excluding diaryl/α,β-unsaturated/α-hetero) is 1. The van der Waals surface area contributed by atoms with Gasteiger partial charge in [0, 0.05) is 29.9 Å². The Hall–Kier alpha value is -3.10. The Morgan fingerprint density at radius 2 is 1.56 bits per heavy atom. The number of alkyl halides is 3. The van der Waals surface area contributed by atoms with Crippen LogP contribution in [0.3, 0.4) is 0 Å². The predicted octanol–water partition coefficient (Wildman–Crippen LogP) is 4.57. The van der Waals surface area contributed by atoms with E-state index in [1.807, 2.05) is 0 Å². The van der Waals surface area contributed by atoms with Crippen molar-refractivity contribution in [2.75, 3.05) is 7.11 Å². The van der Waals surface area contributed by atoms with Gasteiger partial charge in [-0.3, -0.25) is 9.59 Å². The molecule has 6 nitrogen and oxygen atoms in total. The van der Waals surface area contributed by atoms with Gasteiger partial charge in [-0.1, -0.05) is 0 Å². The highest BCUT2D eigenvalue weighted by Crippen LogP contribution is 2.30. The first kappa shape index (κ1) is 25.2. The van der Waals surface area contributed by atoms with E-state index in [1.54, 1.807) is 46.2 Å². The summed E-state index contributed by atoms with van der Waals surface area (Å²) >= 11 is 0. The molecule has 32 heavy (non-hydrogen) atoms. The Bertz CT molecular complexity index is 1040. The largest absolute Gasteiger partial charge is 0.464 e. The molecule has 0 N–H and O–H groups in total. The van der Waals surface area contributed by atoms with Crippen LogP contribution in [0.2, 0.25) is 0 Å². The zero-order chi connectivity index (χ0) is 24.5. The van der Waals surface area contributed by atoms with Crippen molar-refractivity contribution in [2.45, 2.75) is 52.9 Å². The number of amides is 1. The molecule has 1 aromatic heterocycles. The van der Waals surface area contributed by atoms with Crippen LogP contribution in [-0.4, -0.2) is 46.3 Å². The molecule has 1 atom stereocenters. The van der Waals surface area contributed by atoms with E-state index >= 15 is 0 Å². The van der Waals surface area contributed by atoms with Gasteiger partial charge in [0.1, 0.15) is 5.69 Å². The molecule has 9 heteroatoms. The van der Waals surface area contributed by atoms with Gasteiger partial charge in [0.05, 0.1) is 18.7 Å². The molecular weight excluding hydrogens is 425 g/mol. The Kier molecular flexibility index (Phi) is 7.22. The van der Waals surface area contributed by atoms with E-state index in [0.717, 1.165) is 24.3 Å². The number of ether oxygens (including phenoxy) is 1. The quantitative estimate of drug-likeness (QED) is 0.476. The van der Waals surface area contributed by atoms with Crippen molar-refractivity contribution in [3.05, 3.63) is 57.9 Å². The van der Waals surface area contributed by atoms with E-state index in [0.29, 0.717) is 16.8 Å². The van der Waals surface area contributed by atoms with Crippen molar-refractivity contribution in [1.82, 2.24) is 9.47 Å². The maximum absolute atomic E-state index is 13.4. The number of carbonyl (C=O) groups is 3. The van der Waals surface area contributed by atoms with Gasteiger partial charge < -0.3 is 14.2 Å². The average Bonchev–Trinajstić information content (AvgIpc) is 2.94. The van der Waals surface area contributed by atoms with E-state index in [9.17, 15) is 27.6 Å². The average molecular weight is 452 g/mol. The summed E-state index contributed by atoms with van der Waals surface area (Å²) in [5, 5.41) is 0. The van der Waals surface area contributed by atoms with Gasteiger partial charge in [0.2, 0.25) is 0 Å². The Labute approximate surface area is 185 Å². The maximum Gasteiger partial charge on any atom is 0.416 e. The van der Waals surface area contributed by atoms with Crippen LogP contribution in [0, 0.1) is 13.8 Å². The molecule has 0 aliphatic carbocycles. The van der Waals surface area contributed by atoms with Crippen LogP contribution in [0.15, 0.2) is 24.3 Å². The highest BCUT2D eigenvalue weighted by atomic mass is 19.4. The minimum absolute atomic E-state index is 0.0445. The second kappa shape index (κ2) is 9.18. The fraction of sp³-hybridized carbons (Fsp3) is 0.435. The standard InChI is InChI=1S/C23H27F3N2O4/c1-12(2)28(21(30)16-8-10-17(11-9-16)23(24,25)26)15(5)20(29)18-13(3)19(22(31)32-7)27(6)14(18)4/h8-12,15H,1-7H3. The van der Waals surface area contributed by atoms with E-state index < -0.39 is 35.7 Å². The molecule has 1 aromatic carbocycles. The number of methoxy groups -OCH3 is 1. The molecule has 2 aromatic rings. The zero-order valence-corrected chi connectivity index (χ0v) is 19.1. The molecule has 174 valence electrons. The first-order valence-corrected chi connectivity index (χ1v) is 10.0. The molecule has 0 saturated carbocycles. The second-order valence-corrected chi connectivity index (χ2v) is 7.91. The van der Waals surface area contributed by atoms with Gasteiger partial charge in [-0.25, -0.2) is 4.79 Å². The molecule has 1 unspecified atom stereocenters. The van der Waals surface area contributed by atoms with Crippen molar-refractivity contribution < 1.29 is 32.3 Å². The first-order valence-electron chi connectivity index (χ1n) is 10.0. The Morgan fingerprint density at radius 3 is 2.00 bits per heavy atom. The van der Waals surface area contributed by atoms with Gasteiger partial charge in [-0.05, 0) is 64.4 Å². The third-order valence-electron chi connectivity index (χ3n) is 5.60. The van der Waals surface area contributed by atoms with Crippen molar-refractivity contribution in [3.63, 3.8) is 0 Å². The van der Waals surface area contributed by atoms with Gasteiger partial charge in [-0.2, -0.15) is 13.2 Å². The van der Waals surface area contributed by atoms with Gasteiger partial charge in [0.15, 0.2) is 5.78 Å². The molecular formula is C23H27F3N2O4. The van der Waals surface area contributed by atoms with Gasteiger partial charge in [-0.15, -0.1) is 0 Å². The van der Waals surface area contributed by atoms with Crippen LogP contribution in [0.5, 0.6) is 0 Å². The van der Waals surface area contributed by atoms with Crippen LogP contribution in [0.25, 0.3) is 0 Å². The smallest absolute Gasteiger partial charge is 0.416 e. The van der Waals surface area contributed by atoms with Crippen molar-refractivity contribution in [3.8, 4) is 0 Å². The lowest BCUT2D eigenvalue weighted by Crippen LogP contribution is -2.47. The maximum atomic E-state index is 13.4. The summed E-state index contributed by atoms with van der Waals surface area (Å²) in [5.41, 5.74) is 0.727. The van der Waals surface area contributed by atoms with E-state index in [1.165, 1.54) is 12.0 Å². The van der Waals surface area contributed by atoms with Crippen molar-refractivity contribution in [2.24, 2.45) is 7.05 Å². The zero-order valence-electron chi connectivity index (χ0n) is 19.1. The fourth-order valence-corrected chi connectivity index (χ4v) is 3.87. The number of ketones is 1. The highest BCUT2D eigenvalue weighted by Gasteiger charge is 2.35. The SMILES string of the molecule is COC(=O)c1c(C)c(C(=O)C(C)N(C(=O)c2ccc(C(F)(F)F)cc2)C(C)C)c(C)n1C. The van der Waals surface area contributed by atoms with Crippen LogP contribution in [0.1, 0.15) is 68.8 Å².